The van der Waals surface area contributed by atoms with Crippen molar-refractivity contribution in [1.82, 2.24) is 0 Å². The fourth-order valence-electron chi connectivity index (χ4n) is 2.21. The first-order chi connectivity index (χ1) is 11.4. The summed E-state index contributed by atoms with van der Waals surface area (Å²) in [4.78, 5) is 14.4. The van der Waals surface area contributed by atoms with Gasteiger partial charge in [0.15, 0.2) is 15.8 Å². The van der Waals surface area contributed by atoms with E-state index in [4.69, 9.17) is 11.5 Å². The molecule has 0 unspecified atom stereocenters. The number of hydrogen-bond acceptors (Lipinski definition) is 3. The Bertz CT molecular complexity index is 783. The number of nitrogens with two attached hydrogens (primary N) is 2. The molecule has 0 spiro atoms. The van der Waals surface area contributed by atoms with Crippen LogP contribution in [0.4, 0.5) is 13.2 Å². The van der Waals surface area contributed by atoms with Gasteiger partial charge in [0.2, 0.25) is 0 Å². The second-order valence-corrected chi connectivity index (χ2v) is 7.45. The molecule has 6 nitrogen and oxygen atoms in total. The number of nitrogens with zero attached hydrogens (tertiary/aromatic N) is 1. The zero-order valence-corrected chi connectivity index (χ0v) is 14.7. The van der Waals surface area contributed by atoms with Gasteiger partial charge in [-0.05, 0) is 30.5 Å². The molecule has 0 bridgehead atoms. The molecule has 1 amide bonds. The van der Waals surface area contributed by atoms with Crippen molar-refractivity contribution >= 4 is 21.7 Å². The van der Waals surface area contributed by atoms with Crippen LogP contribution in [-0.2, 0) is 22.4 Å². The predicted octanol–water partition coefficient (Wildman–Crippen LogP) is 2.26. The van der Waals surface area contributed by atoms with Gasteiger partial charge in [0, 0.05) is 5.56 Å². The highest BCUT2D eigenvalue weighted by Gasteiger charge is 2.38. The third-order valence-corrected chi connectivity index (χ3v) is 5.29. The Labute approximate surface area is 144 Å². The number of hydrogen-bond donors (Lipinski definition) is 2. The number of carbonyl (C=O) groups is 1. The van der Waals surface area contributed by atoms with E-state index in [1.165, 1.54) is 0 Å². The van der Waals surface area contributed by atoms with Crippen molar-refractivity contribution in [2.24, 2.45) is 16.5 Å². The Hall–Kier alpha value is -2.10. The van der Waals surface area contributed by atoms with Gasteiger partial charge in [-0.25, -0.2) is 8.42 Å². The molecule has 0 radical (unpaired) electrons. The first-order valence-electron chi connectivity index (χ1n) is 7.54. The number of benzene rings is 1. The summed E-state index contributed by atoms with van der Waals surface area (Å²) in [7, 11) is -4.15. The summed E-state index contributed by atoms with van der Waals surface area (Å²) < 4.78 is 64.8. The SMILES string of the molecule is CCCCS(=O)(=O)c1cc(CC)c(C(=O)N=C(N)N)cc1C(F)(F)F. The van der Waals surface area contributed by atoms with E-state index in [1.807, 2.05) is 0 Å². The minimum absolute atomic E-state index is 0.123. The number of aliphatic imine (C=N–C) groups is 1. The fraction of sp³-hybridized carbons (Fsp3) is 0.467. The molecule has 25 heavy (non-hydrogen) atoms. The highest BCUT2D eigenvalue weighted by molar-refractivity contribution is 7.91. The van der Waals surface area contributed by atoms with Crippen LogP contribution >= 0.6 is 0 Å². The normalized spacial score (nSPS) is 12.0. The van der Waals surface area contributed by atoms with E-state index in [1.54, 1.807) is 13.8 Å². The summed E-state index contributed by atoms with van der Waals surface area (Å²) in [5.41, 5.74) is 8.53. The molecule has 1 rings (SSSR count). The van der Waals surface area contributed by atoms with Crippen LogP contribution in [0.3, 0.4) is 0 Å². The average Bonchev–Trinajstić information content (AvgIpc) is 2.50. The van der Waals surface area contributed by atoms with Gasteiger partial charge in [-0.1, -0.05) is 20.3 Å². The number of aryl methyl sites for hydroxylation is 1. The lowest BCUT2D eigenvalue weighted by Gasteiger charge is -2.17. The van der Waals surface area contributed by atoms with Gasteiger partial charge in [0.1, 0.15) is 0 Å². The molecule has 0 heterocycles. The van der Waals surface area contributed by atoms with Crippen molar-refractivity contribution in [3.8, 4) is 0 Å². The molecule has 0 aliphatic heterocycles. The van der Waals surface area contributed by atoms with Crippen LogP contribution in [0.5, 0.6) is 0 Å². The van der Waals surface area contributed by atoms with Crippen LogP contribution in [0.1, 0.15) is 48.2 Å². The molecule has 0 atom stereocenters. The molecule has 0 fully saturated rings. The van der Waals surface area contributed by atoms with Crippen LogP contribution in [-0.4, -0.2) is 26.0 Å². The molecule has 140 valence electrons. The van der Waals surface area contributed by atoms with E-state index in [0.717, 1.165) is 6.07 Å². The van der Waals surface area contributed by atoms with Crippen LogP contribution in [0, 0.1) is 0 Å². The van der Waals surface area contributed by atoms with E-state index in [0.29, 0.717) is 12.5 Å². The molecule has 10 heteroatoms. The topological polar surface area (TPSA) is 116 Å². The first kappa shape index (κ1) is 20.9. The lowest BCUT2D eigenvalue weighted by Crippen LogP contribution is -2.25. The predicted molar refractivity (Wildman–Crippen MR) is 87.9 cm³/mol. The number of carbonyl (C=O) groups excluding carboxylic acids is 1. The molecule has 4 N–H and O–H groups in total. The monoisotopic (exact) mass is 379 g/mol. The molecule has 0 aliphatic rings. The molecular weight excluding hydrogens is 359 g/mol. The summed E-state index contributed by atoms with van der Waals surface area (Å²) in [6, 6.07) is 1.40. The van der Waals surface area contributed by atoms with Gasteiger partial charge < -0.3 is 11.5 Å². The minimum atomic E-state index is -4.95. The Kier molecular flexibility index (Phi) is 6.58. The van der Waals surface area contributed by atoms with Crippen molar-refractivity contribution < 1.29 is 26.4 Å². The quantitative estimate of drug-likeness (QED) is 0.581. The largest absolute Gasteiger partial charge is 0.417 e. The zero-order valence-electron chi connectivity index (χ0n) is 13.9. The van der Waals surface area contributed by atoms with Crippen molar-refractivity contribution in [2.75, 3.05) is 5.75 Å². The molecule has 0 aromatic heterocycles. The summed E-state index contributed by atoms with van der Waals surface area (Å²) in [5.74, 6) is -2.06. The maximum absolute atomic E-state index is 13.4. The van der Waals surface area contributed by atoms with Crippen LogP contribution in [0.25, 0.3) is 0 Å². The molecule has 0 aliphatic carbocycles. The number of amides is 1. The summed E-state index contributed by atoms with van der Waals surface area (Å²) in [5, 5.41) is 0. The average molecular weight is 379 g/mol. The second-order valence-electron chi connectivity index (χ2n) is 5.37. The number of halogens is 3. The van der Waals surface area contributed by atoms with Crippen molar-refractivity contribution in [3.63, 3.8) is 0 Å². The summed E-state index contributed by atoms with van der Waals surface area (Å²) in [6.07, 6.45) is -4.07. The fourth-order valence-corrected chi connectivity index (χ4v) is 3.93. The Morgan fingerprint density at radius 2 is 1.80 bits per heavy atom. The smallest absolute Gasteiger partial charge is 0.370 e. The Morgan fingerprint density at radius 3 is 2.24 bits per heavy atom. The van der Waals surface area contributed by atoms with Crippen molar-refractivity contribution in [1.29, 1.82) is 0 Å². The number of unbranched alkanes of at least 4 members (excludes halogenated alkanes) is 1. The molecule has 0 saturated heterocycles. The highest BCUT2D eigenvalue weighted by Crippen LogP contribution is 2.37. The number of alkyl halides is 3. The van der Waals surface area contributed by atoms with E-state index < -0.39 is 44.1 Å². The van der Waals surface area contributed by atoms with E-state index >= 15 is 0 Å². The van der Waals surface area contributed by atoms with Gasteiger partial charge >= 0.3 is 6.18 Å². The molecule has 1 aromatic carbocycles. The number of sulfone groups is 1. The Balaban J connectivity index is 3.70. The van der Waals surface area contributed by atoms with Crippen LogP contribution in [0.15, 0.2) is 22.0 Å². The second kappa shape index (κ2) is 7.85. The van der Waals surface area contributed by atoms with E-state index in [-0.39, 0.29) is 24.0 Å². The standard InChI is InChI=1S/C15H20F3N3O3S/c1-3-5-6-25(23,24)12-7-9(4-2)10(13(22)21-14(19)20)8-11(12)15(16,17)18/h7-8H,3-6H2,1-2H3,(H4,19,20,21,22). The minimum Gasteiger partial charge on any atom is -0.370 e. The van der Waals surface area contributed by atoms with E-state index in [9.17, 15) is 26.4 Å². The van der Waals surface area contributed by atoms with Gasteiger partial charge in [-0.2, -0.15) is 18.2 Å². The number of rotatable bonds is 6. The lowest BCUT2D eigenvalue weighted by atomic mass is 10.0. The third-order valence-electron chi connectivity index (χ3n) is 3.45. The van der Waals surface area contributed by atoms with E-state index in [2.05, 4.69) is 4.99 Å². The maximum Gasteiger partial charge on any atom is 0.417 e. The van der Waals surface area contributed by atoms with Crippen molar-refractivity contribution in [3.05, 3.63) is 28.8 Å². The summed E-state index contributed by atoms with van der Waals surface area (Å²) in [6.45, 7) is 3.31. The highest BCUT2D eigenvalue weighted by atomic mass is 32.2. The molecular formula is C15H20F3N3O3S. The van der Waals surface area contributed by atoms with Gasteiger partial charge in [0.05, 0.1) is 16.2 Å². The molecule has 0 saturated carbocycles. The number of guanidine groups is 1. The van der Waals surface area contributed by atoms with Gasteiger partial charge in [-0.3, -0.25) is 4.79 Å². The maximum atomic E-state index is 13.4. The van der Waals surface area contributed by atoms with Crippen molar-refractivity contribution in [2.45, 2.75) is 44.2 Å². The third kappa shape index (κ3) is 5.18. The lowest BCUT2D eigenvalue weighted by molar-refractivity contribution is -0.139. The first-order valence-corrected chi connectivity index (χ1v) is 9.20. The van der Waals surface area contributed by atoms with Crippen LogP contribution < -0.4 is 11.5 Å². The van der Waals surface area contributed by atoms with Crippen LogP contribution in [0.2, 0.25) is 0 Å². The van der Waals surface area contributed by atoms with Gasteiger partial charge in [-0.15, -0.1) is 0 Å². The Morgan fingerprint density at radius 1 is 1.20 bits per heavy atom. The van der Waals surface area contributed by atoms with Gasteiger partial charge in [0.25, 0.3) is 5.91 Å². The molecule has 1 aromatic rings. The summed E-state index contributed by atoms with van der Waals surface area (Å²) >= 11 is 0. The zero-order chi connectivity index (χ0) is 19.4.